The van der Waals surface area contributed by atoms with Gasteiger partial charge in [-0.25, -0.2) is 0 Å². The number of aliphatic hydroxyl groups is 1. The number of hydrogen-bond donors (Lipinski definition) is 2. The molecule has 0 radical (unpaired) electrons. The van der Waals surface area contributed by atoms with E-state index >= 15 is 0 Å². The highest BCUT2D eigenvalue weighted by Gasteiger charge is 2.13. The summed E-state index contributed by atoms with van der Waals surface area (Å²) >= 11 is 3.26. The van der Waals surface area contributed by atoms with E-state index in [9.17, 15) is 0 Å². The standard InChI is InChI=1S/C7H12BrN3O/c1-11-6(2-7(8)10-11)5(3-9)4-12/h2,5,12H,3-4,9H2,1H3. The van der Waals surface area contributed by atoms with Crippen LogP contribution >= 0.6 is 15.9 Å². The quantitative estimate of drug-likeness (QED) is 0.786. The molecule has 0 aliphatic heterocycles. The zero-order valence-corrected chi connectivity index (χ0v) is 8.45. The number of nitrogens with two attached hydrogens (primary N) is 1. The highest BCUT2D eigenvalue weighted by molar-refractivity contribution is 9.10. The summed E-state index contributed by atoms with van der Waals surface area (Å²) in [6.45, 7) is 0.491. The SMILES string of the molecule is Cn1nc(Br)cc1C(CN)CO. The Hall–Kier alpha value is -0.390. The predicted octanol–water partition coefficient (Wildman–Crippen LogP) is 0.217. The maximum atomic E-state index is 8.98. The molecule has 0 spiro atoms. The van der Waals surface area contributed by atoms with E-state index in [1.165, 1.54) is 0 Å². The van der Waals surface area contributed by atoms with Crippen LogP contribution in [0.5, 0.6) is 0 Å². The normalized spacial score (nSPS) is 13.3. The van der Waals surface area contributed by atoms with Crippen molar-refractivity contribution in [2.45, 2.75) is 5.92 Å². The Balaban J connectivity index is 2.91. The van der Waals surface area contributed by atoms with Gasteiger partial charge in [0, 0.05) is 25.2 Å². The largest absolute Gasteiger partial charge is 0.396 e. The fraction of sp³-hybridized carbons (Fsp3) is 0.571. The molecule has 0 aromatic carbocycles. The molecular weight excluding hydrogens is 222 g/mol. The minimum Gasteiger partial charge on any atom is -0.396 e. The Morgan fingerprint density at radius 1 is 1.83 bits per heavy atom. The van der Waals surface area contributed by atoms with Crippen molar-refractivity contribution in [1.82, 2.24) is 9.78 Å². The van der Waals surface area contributed by atoms with Gasteiger partial charge in [-0.1, -0.05) is 0 Å². The van der Waals surface area contributed by atoms with E-state index in [0.717, 1.165) is 10.3 Å². The van der Waals surface area contributed by atoms with Crippen LogP contribution in [0.1, 0.15) is 11.6 Å². The molecule has 1 unspecified atom stereocenters. The molecule has 1 atom stereocenters. The van der Waals surface area contributed by atoms with Gasteiger partial charge < -0.3 is 10.8 Å². The summed E-state index contributed by atoms with van der Waals surface area (Å²) in [7, 11) is 1.83. The van der Waals surface area contributed by atoms with E-state index in [1.54, 1.807) is 4.68 Å². The van der Waals surface area contributed by atoms with Gasteiger partial charge >= 0.3 is 0 Å². The van der Waals surface area contributed by atoms with E-state index < -0.39 is 0 Å². The highest BCUT2D eigenvalue weighted by atomic mass is 79.9. The molecule has 0 fully saturated rings. The first-order valence-corrected chi connectivity index (χ1v) is 4.48. The zero-order chi connectivity index (χ0) is 9.14. The Kier molecular flexibility index (Phi) is 3.25. The van der Waals surface area contributed by atoms with Crippen molar-refractivity contribution < 1.29 is 5.11 Å². The van der Waals surface area contributed by atoms with Gasteiger partial charge in [-0.2, -0.15) is 5.10 Å². The summed E-state index contributed by atoms with van der Waals surface area (Å²) in [6.07, 6.45) is 0. The van der Waals surface area contributed by atoms with Gasteiger partial charge in [0.25, 0.3) is 0 Å². The van der Waals surface area contributed by atoms with Crippen molar-refractivity contribution in [3.63, 3.8) is 0 Å². The van der Waals surface area contributed by atoms with E-state index in [2.05, 4.69) is 21.0 Å². The average molecular weight is 234 g/mol. The molecular formula is C7H12BrN3O. The molecule has 0 amide bonds. The minimum atomic E-state index is -0.0196. The first-order valence-electron chi connectivity index (χ1n) is 3.69. The molecule has 0 saturated carbocycles. The third-order valence-corrected chi connectivity index (χ3v) is 2.20. The molecule has 1 aromatic rings. The maximum absolute atomic E-state index is 8.98. The van der Waals surface area contributed by atoms with Crippen LogP contribution in [0.25, 0.3) is 0 Å². The molecule has 68 valence electrons. The number of nitrogens with zero attached hydrogens (tertiary/aromatic N) is 2. The van der Waals surface area contributed by atoms with Gasteiger partial charge in [0.1, 0.15) is 4.60 Å². The van der Waals surface area contributed by atoms with Gasteiger partial charge in [0.05, 0.1) is 6.61 Å². The third kappa shape index (κ3) is 1.85. The lowest BCUT2D eigenvalue weighted by atomic mass is 10.1. The molecule has 5 heteroatoms. The van der Waals surface area contributed by atoms with Gasteiger partial charge in [-0.15, -0.1) is 0 Å². The summed E-state index contributed by atoms with van der Waals surface area (Å²) in [5, 5.41) is 13.1. The summed E-state index contributed by atoms with van der Waals surface area (Å²) in [4.78, 5) is 0. The van der Waals surface area contributed by atoms with Crippen molar-refractivity contribution in [2.24, 2.45) is 12.8 Å². The number of aromatic nitrogens is 2. The fourth-order valence-electron chi connectivity index (χ4n) is 1.12. The van der Waals surface area contributed by atoms with E-state index in [1.807, 2.05) is 13.1 Å². The second-order valence-electron chi connectivity index (χ2n) is 2.63. The summed E-state index contributed by atoms with van der Waals surface area (Å²) in [6, 6.07) is 1.87. The number of halogens is 1. The van der Waals surface area contributed by atoms with Gasteiger partial charge in [0.15, 0.2) is 0 Å². The second kappa shape index (κ2) is 4.02. The van der Waals surface area contributed by atoms with Crippen LogP contribution in [0.4, 0.5) is 0 Å². The molecule has 1 aromatic heterocycles. The Morgan fingerprint density at radius 2 is 2.50 bits per heavy atom. The fourth-order valence-corrected chi connectivity index (χ4v) is 1.59. The van der Waals surface area contributed by atoms with E-state index in [4.69, 9.17) is 10.8 Å². The molecule has 1 rings (SSSR count). The van der Waals surface area contributed by atoms with Gasteiger partial charge in [-0.05, 0) is 22.0 Å². The lowest BCUT2D eigenvalue weighted by Gasteiger charge is -2.10. The number of rotatable bonds is 3. The third-order valence-electron chi connectivity index (χ3n) is 1.81. The molecule has 0 aliphatic rings. The minimum absolute atomic E-state index is 0.0196. The number of aliphatic hydroxyl groups excluding tert-OH is 1. The summed E-state index contributed by atoms with van der Waals surface area (Å²) in [5.74, 6) is -0.0196. The van der Waals surface area contributed by atoms with Crippen molar-refractivity contribution in [1.29, 1.82) is 0 Å². The Bertz CT molecular complexity index is 257. The van der Waals surface area contributed by atoms with E-state index in [0.29, 0.717) is 6.54 Å². The van der Waals surface area contributed by atoms with Crippen molar-refractivity contribution in [3.8, 4) is 0 Å². The van der Waals surface area contributed by atoms with Crippen LogP contribution in [-0.2, 0) is 7.05 Å². The van der Waals surface area contributed by atoms with Crippen LogP contribution in [0.2, 0.25) is 0 Å². The average Bonchev–Trinajstić information content (AvgIpc) is 2.34. The predicted molar refractivity (Wildman–Crippen MR) is 49.8 cm³/mol. The molecule has 3 N–H and O–H groups in total. The van der Waals surface area contributed by atoms with Crippen LogP contribution < -0.4 is 5.73 Å². The lowest BCUT2D eigenvalue weighted by Crippen LogP contribution is -2.18. The smallest absolute Gasteiger partial charge is 0.128 e. The van der Waals surface area contributed by atoms with Crippen LogP contribution in [-0.4, -0.2) is 28.0 Å². The maximum Gasteiger partial charge on any atom is 0.128 e. The summed E-state index contributed by atoms with van der Waals surface area (Å²) < 4.78 is 2.49. The Labute approximate surface area is 79.5 Å². The molecule has 1 heterocycles. The van der Waals surface area contributed by atoms with Gasteiger partial charge in [0.2, 0.25) is 0 Å². The number of hydrogen-bond acceptors (Lipinski definition) is 3. The van der Waals surface area contributed by atoms with Crippen molar-refractivity contribution in [3.05, 3.63) is 16.4 Å². The second-order valence-corrected chi connectivity index (χ2v) is 3.44. The molecule has 4 nitrogen and oxygen atoms in total. The molecule has 0 bridgehead atoms. The van der Waals surface area contributed by atoms with Crippen LogP contribution in [0.15, 0.2) is 10.7 Å². The lowest BCUT2D eigenvalue weighted by molar-refractivity contribution is 0.263. The molecule has 0 aliphatic carbocycles. The first-order chi connectivity index (χ1) is 5.69. The van der Waals surface area contributed by atoms with E-state index in [-0.39, 0.29) is 12.5 Å². The van der Waals surface area contributed by atoms with Crippen molar-refractivity contribution in [2.75, 3.05) is 13.2 Å². The highest BCUT2D eigenvalue weighted by Crippen LogP contribution is 2.17. The topological polar surface area (TPSA) is 64.1 Å². The summed E-state index contributed by atoms with van der Waals surface area (Å²) in [5.41, 5.74) is 6.43. The van der Waals surface area contributed by atoms with Gasteiger partial charge in [-0.3, -0.25) is 4.68 Å². The van der Waals surface area contributed by atoms with Crippen molar-refractivity contribution >= 4 is 15.9 Å². The molecule has 12 heavy (non-hydrogen) atoms. The zero-order valence-electron chi connectivity index (χ0n) is 6.87. The monoisotopic (exact) mass is 233 g/mol. The first kappa shape index (κ1) is 9.70. The molecule has 0 saturated heterocycles. The number of aryl methyl sites for hydroxylation is 1. The Morgan fingerprint density at radius 3 is 2.83 bits per heavy atom. The van der Waals surface area contributed by atoms with Crippen LogP contribution in [0.3, 0.4) is 0 Å². The van der Waals surface area contributed by atoms with Crippen LogP contribution in [0, 0.1) is 0 Å².